The smallest absolute Gasteiger partial charge is 0.408 e. The number of nitrogens with one attached hydrogen (secondary N) is 1. The standard InChI is InChI=1S/C29H33FN2O4/c1-3-35-28(34)32-29-16-20-7-4-5-10-24(20)25(26(29)18(2)36-27(29)33)14-13-23-12-11-21(17-31-23)19-8-6-9-22(30)15-19/h6,8-9,11-15,17-18,20,24-26H,3-5,7,10,16H2,1-2H3,(H,32,34)/t18-,20+,24-,25+,26+,29+/m1/s1. The molecule has 3 fully saturated rings. The van der Waals surface area contributed by atoms with E-state index in [0.717, 1.165) is 36.1 Å². The Bertz CT molecular complexity index is 1150. The normalized spacial score (nSPS) is 31.4. The molecule has 2 saturated carbocycles. The molecule has 1 aliphatic heterocycles. The van der Waals surface area contributed by atoms with Gasteiger partial charge in [-0.3, -0.25) is 4.98 Å². The molecular weight excluding hydrogens is 459 g/mol. The summed E-state index contributed by atoms with van der Waals surface area (Å²) in [6.07, 6.45) is 10.0. The molecule has 3 aliphatic rings. The molecule has 0 bridgehead atoms. The highest BCUT2D eigenvalue weighted by molar-refractivity contribution is 5.88. The van der Waals surface area contributed by atoms with E-state index in [1.807, 2.05) is 31.2 Å². The predicted molar refractivity (Wildman–Crippen MR) is 134 cm³/mol. The number of carbonyl (C=O) groups excluding carboxylic acids is 2. The maximum Gasteiger partial charge on any atom is 0.408 e. The van der Waals surface area contributed by atoms with Crippen molar-refractivity contribution >= 4 is 18.1 Å². The number of alkyl carbamates (subject to hydrolysis) is 1. The fourth-order valence-electron chi connectivity index (χ4n) is 6.77. The molecule has 190 valence electrons. The molecule has 0 unspecified atom stereocenters. The summed E-state index contributed by atoms with van der Waals surface area (Å²) in [5.41, 5.74) is 1.33. The number of allylic oxidation sites excluding steroid dienone is 1. The molecule has 6 nitrogen and oxygen atoms in total. The third-order valence-corrected chi connectivity index (χ3v) is 8.23. The van der Waals surface area contributed by atoms with Crippen molar-refractivity contribution in [1.82, 2.24) is 10.3 Å². The van der Waals surface area contributed by atoms with Gasteiger partial charge in [0.25, 0.3) is 0 Å². The number of hydrogen-bond donors (Lipinski definition) is 1. The highest BCUT2D eigenvalue weighted by Gasteiger charge is 2.64. The van der Waals surface area contributed by atoms with Gasteiger partial charge in [-0.2, -0.15) is 0 Å². The van der Waals surface area contributed by atoms with E-state index < -0.39 is 11.6 Å². The van der Waals surface area contributed by atoms with Gasteiger partial charge in [-0.05, 0) is 74.3 Å². The number of fused-ring (bicyclic) bond motifs is 2. The third-order valence-electron chi connectivity index (χ3n) is 8.23. The van der Waals surface area contributed by atoms with Crippen LogP contribution in [0.3, 0.4) is 0 Å². The van der Waals surface area contributed by atoms with Gasteiger partial charge >= 0.3 is 12.1 Å². The number of cyclic esters (lactones) is 1. The molecule has 1 aromatic heterocycles. The second-order valence-corrected chi connectivity index (χ2v) is 10.3. The first-order valence-electron chi connectivity index (χ1n) is 13.0. The average Bonchev–Trinajstić information content (AvgIpc) is 3.11. The Morgan fingerprint density at radius 3 is 2.83 bits per heavy atom. The number of carbonyl (C=O) groups is 2. The SMILES string of the molecule is CCOC(=O)N[C@@]12C[C@@H]3CCCC[C@H]3[C@H](C=Cc3ccc(-c4cccc(F)c4)cn3)[C@@H]1[C@@H](C)OC2=O. The van der Waals surface area contributed by atoms with Gasteiger partial charge in [-0.1, -0.05) is 43.5 Å². The van der Waals surface area contributed by atoms with E-state index in [1.54, 1.807) is 19.2 Å². The molecule has 2 aliphatic carbocycles. The number of aromatic nitrogens is 1. The molecular formula is C29H33FN2O4. The van der Waals surface area contributed by atoms with Crippen LogP contribution in [-0.4, -0.2) is 35.3 Å². The number of hydrogen-bond acceptors (Lipinski definition) is 5. The Kier molecular flexibility index (Phi) is 6.82. The molecule has 2 aromatic rings. The van der Waals surface area contributed by atoms with Crippen molar-refractivity contribution in [2.45, 2.75) is 57.6 Å². The lowest BCUT2D eigenvalue weighted by Gasteiger charge is -2.50. The minimum atomic E-state index is -1.08. The monoisotopic (exact) mass is 492 g/mol. The van der Waals surface area contributed by atoms with Crippen molar-refractivity contribution < 1.29 is 23.5 Å². The van der Waals surface area contributed by atoms with Crippen molar-refractivity contribution in [3.8, 4) is 11.1 Å². The zero-order valence-electron chi connectivity index (χ0n) is 20.8. The van der Waals surface area contributed by atoms with Crippen molar-refractivity contribution in [2.24, 2.45) is 23.7 Å². The summed E-state index contributed by atoms with van der Waals surface area (Å²) in [5.74, 6) is -0.0201. The van der Waals surface area contributed by atoms with Gasteiger partial charge in [0.2, 0.25) is 0 Å². The summed E-state index contributed by atoms with van der Waals surface area (Å²) in [5, 5.41) is 2.95. The fraction of sp³-hybridized carbons (Fsp3) is 0.483. The Morgan fingerprint density at radius 2 is 2.08 bits per heavy atom. The van der Waals surface area contributed by atoms with E-state index in [1.165, 1.54) is 18.6 Å². The molecule has 1 aromatic carbocycles. The van der Waals surface area contributed by atoms with Crippen LogP contribution in [0.5, 0.6) is 0 Å². The number of pyridine rings is 1. The Labute approximate surface area is 211 Å². The van der Waals surface area contributed by atoms with Crippen LogP contribution in [-0.2, 0) is 14.3 Å². The quantitative estimate of drug-likeness (QED) is 0.536. The summed E-state index contributed by atoms with van der Waals surface area (Å²) < 4.78 is 24.6. The van der Waals surface area contributed by atoms with Crippen LogP contribution in [0.2, 0.25) is 0 Å². The number of amides is 1. The number of rotatable bonds is 5. The number of benzene rings is 1. The van der Waals surface area contributed by atoms with E-state index in [2.05, 4.69) is 16.4 Å². The molecule has 6 atom stereocenters. The lowest BCUT2D eigenvalue weighted by atomic mass is 9.54. The molecule has 2 heterocycles. The number of nitrogens with zero attached hydrogens (tertiary/aromatic N) is 1. The summed E-state index contributed by atoms with van der Waals surface area (Å²) in [6, 6.07) is 10.3. The molecule has 7 heteroatoms. The highest BCUT2D eigenvalue weighted by Crippen LogP contribution is 2.55. The molecule has 1 amide bonds. The first-order valence-corrected chi connectivity index (χ1v) is 13.0. The van der Waals surface area contributed by atoms with Gasteiger partial charge in [0.05, 0.1) is 12.3 Å². The predicted octanol–water partition coefficient (Wildman–Crippen LogP) is 5.77. The van der Waals surface area contributed by atoms with Gasteiger partial charge in [0, 0.05) is 17.7 Å². The largest absolute Gasteiger partial charge is 0.460 e. The van der Waals surface area contributed by atoms with Gasteiger partial charge in [0.15, 0.2) is 0 Å². The highest BCUT2D eigenvalue weighted by atomic mass is 19.1. The molecule has 1 saturated heterocycles. The summed E-state index contributed by atoms with van der Waals surface area (Å²) in [4.78, 5) is 30.3. The van der Waals surface area contributed by atoms with Crippen LogP contribution in [0.25, 0.3) is 17.2 Å². The van der Waals surface area contributed by atoms with Crippen molar-refractivity contribution in [3.05, 3.63) is 60.2 Å². The van der Waals surface area contributed by atoms with Crippen LogP contribution < -0.4 is 5.32 Å². The van der Waals surface area contributed by atoms with Crippen LogP contribution in [0.4, 0.5) is 9.18 Å². The molecule has 36 heavy (non-hydrogen) atoms. The summed E-state index contributed by atoms with van der Waals surface area (Å²) in [6.45, 7) is 3.91. The molecule has 1 N–H and O–H groups in total. The fourth-order valence-corrected chi connectivity index (χ4v) is 6.77. The lowest BCUT2D eigenvalue weighted by Crippen LogP contribution is -2.63. The van der Waals surface area contributed by atoms with Crippen LogP contribution in [0.15, 0.2) is 48.7 Å². The molecule has 0 spiro atoms. The van der Waals surface area contributed by atoms with Crippen LogP contribution in [0, 0.1) is 29.5 Å². The maximum absolute atomic E-state index is 13.6. The first kappa shape index (κ1) is 24.5. The zero-order valence-corrected chi connectivity index (χ0v) is 20.8. The van der Waals surface area contributed by atoms with E-state index in [-0.39, 0.29) is 36.3 Å². The van der Waals surface area contributed by atoms with Crippen molar-refractivity contribution in [1.29, 1.82) is 0 Å². The van der Waals surface area contributed by atoms with Gasteiger partial charge in [-0.15, -0.1) is 0 Å². The second kappa shape index (κ2) is 10.0. The van der Waals surface area contributed by atoms with E-state index >= 15 is 0 Å². The first-order chi connectivity index (χ1) is 17.4. The minimum Gasteiger partial charge on any atom is -0.460 e. The zero-order chi connectivity index (χ0) is 25.3. The third kappa shape index (κ3) is 4.51. The second-order valence-electron chi connectivity index (χ2n) is 10.3. The van der Waals surface area contributed by atoms with Gasteiger partial charge in [0.1, 0.15) is 17.5 Å². The Hall–Kier alpha value is -3.22. The Morgan fingerprint density at radius 1 is 1.25 bits per heavy atom. The van der Waals surface area contributed by atoms with E-state index in [9.17, 15) is 14.0 Å². The average molecular weight is 493 g/mol. The molecule has 0 radical (unpaired) electrons. The van der Waals surface area contributed by atoms with Gasteiger partial charge in [-0.25, -0.2) is 14.0 Å². The lowest BCUT2D eigenvalue weighted by molar-refractivity contribution is -0.147. The van der Waals surface area contributed by atoms with Crippen molar-refractivity contribution in [2.75, 3.05) is 6.61 Å². The Balaban J connectivity index is 1.45. The van der Waals surface area contributed by atoms with Crippen molar-refractivity contribution in [3.63, 3.8) is 0 Å². The number of esters is 1. The number of ether oxygens (including phenoxy) is 2. The van der Waals surface area contributed by atoms with Crippen LogP contribution >= 0.6 is 0 Å². The maximum atomic E-state index is 13.6. The number of halogens is 1. The topological polar surface area (TPSA) is 77.5 Å². The van der Waals surface area contributed by atoms with E-state index in [0.29, 0.717) is 18.3 Å². The summed E-state index contributed by atoms with van der Waals surface area (Å²) in [7, 11) is 0. The van der Waals surface area contributed by atoms with E-state index in [4.69, 9.17) is 9.47 Å². The van der Waals surface area contributed by atoms with Crippen LogP contribution in [0.1, 0.15) is 51.6 Å². The molecule has 5 rings (SSSR count). The van der Waals surface area contributed by atoms with Gasteiger partial charge < -0.3 is 14.8 Å². The minimum absolute atomic E-state index is 0.0529. The summed E-state index contributed by atoms with van der Waals surface area (Å²) >= 11 is 0.